The quantitative estimate of drug-likeness (QED) is 0.632. The Morgan fingerprint density at radius 2 is 1.95 bits per heavy atom. The molecule has 2 aromatic rings. The molecule has 2 aromatic carbocycles. The number of hydrogen-bond acceptors (Lipinski definition) is 3. The number of hydrogen-bond donors (Lipinski definition) is 1. The molecule has 0 heterocycles. The number of ether oxygens (including phenoxy) is 1. The Kier molecular flexibility index (Phi) is 6.15. The molecular weight excluding hydrogens is 344 g/mol. The highest BCUT2D eigenvalue weighted by molar-refractivity contribution is 9.10. The van der Waals surface area contributed by atoms with Crippen molar-refractivity contribution in [2.45, 2.75) is 13.3 Å². The minimum atomic E-state index is -0.160. The first-order valence-electron chi connectivity index (χ1n) is 6.97. The van der Waals surface area contributed by atoms with Crippen LogP contribution in [0.1, 0.15) is 18.1 Å². The van der Waals surface area contributed by atoms with Crippen molar-refractivity contribution in [1.82, 2.24) is 5.43 Å². The van der Waals surface area contributed by atoms with Crippen molar-refractivity contribution in [3.8, 4) is 5.75 Å². The van der Waals surface area contributed by atoms with Crippen LogP contribution in [0.2, 0.25) is 0 Å². The van der Waals surface area contributed by atoms with E-state index in [1.807, 2.05) is 55.5 Å². The zero-order chi connectivity index (χ0) is 15.8. The van der Waals surface area contributed by atoms with Gasteiger partial charge < -0.3 is 4.74 Å². The molecule has 0 aliphatic heterocycles. The summed E-state index contributed by atoms with van der Waals surface area (Å²) >= 11 is 3.36. The summed E-state index contributed by atoms with van der Waals surface area (Å²) in [7, 11) is 0. The summed E-state index contributed by atoms with van der Waals surface area (Å²) in [5.41, 5.74) is 4.29. The zero-order valence-corrected chi connectivity index (χ0v) is 13.8. The Morgan fingerprint density at radius 1 is 1.23 bits per heavy atom. The van der Waals surface area contributed by atoms with Crippen molar-refractivity contribution in [2.24, 2.45) is 5.10 Å². The highest BCUT2D eigenvalue weighted by Crippen LogP contribution is 2.15. The number of nitrogens with zero attached hydrogens (tertiary/aromatic N) is 1. The van der Waals surface area contributed by atoms with Gasteiger partial charge in [-0.2, -0.15) is 5.10 Å². The number of para-hydroxylation sites is 1. The summed E-state index contributed by atoms with van der Waals surface area (Å²) in [6.07, 6.45) is 1.88. The van der Waals surface area contributed by atoms with E-state index in [-0.39, 0.29) is 12.3 Å². The first-order valence-corrected chi connectivity index (χ1v) is 7.76. The average Bonchev–Trinajstić information content (AvgIpc) is 2.51. The lowest BCUT2D eigenvalue weighted by atomic mass is 10.1. The first-order chi connectivity index (χ1) is 10.7. The molecule has 0 aromatic heterocycles. The molecule has 0 saturated heterocycles. The fourth-order valence-corrected chi connectivity index (χ4v) is 2.14. The molecular formula is C17H17BrN2O2. The van der Waals surface area contributed by atoms with Crippen LogP contribution < -0.4 is 10.2 Å². The molecule has 1 N–H and O–H groups in total. The molecule has 0 atom stereocenters. The summed E-state index contributed by atoms with van der Waals surface area (Å²) in [6.45, 7) is 2.51. The van der Waals surface area contributed by atoms with Gasteiger partial charge in [0.05, 0.1) is 19.2 Å². The summed E-state index contributed by atoms with van der Waals surface area (Å²) < 4.78 is 6.48. The van der Waals surface area contributed by atoms with E-state index in [0.29, 0.717) is 6.61 Å². The maximum absolute atomic E-state index is 11.8. The Hall–Kier alpha value is -2.14. The first kappa shape index (κ1) is 16.2. The standard InChI is InChI=1S/C17H17BrN2O2/c1-2-22-16-6-4-3-5-14(16)12-19-20-17(21)11-13-7-9-15(18)10-8-13/h3-10,12H,2,11H2,1H3,(H,20,21)/b19-12-. The molecule has 0 aliphatic rings. The second-order valence-corrected chi connectivity index (χ2v) is 5.48. The van der Waals surface area contributed by atoms with Crippen LogP contribution in [-0.4, -0.2) is 18.7 Å². The van der Waals surface area contributed by atoms with Crippen LogP contribution in [-0.2, 0) is 11.2 Å². The number of carbonyl (C=O) groups is 1. The van der Waals surface area contributed by atoms with E-state index in [0.717, 1.165) is 21.3 Å². The van der Waals surface area contributed by atoms with Crippen LogP contribution in [0, 0.1) is 0 Å². The molecule has 0 saturated carbocycles. The minimum absolute atomic E-state index is 0.160. The molecule has 2 rings (SSSR count). The molecule has 4 nitrogen and oxygen atoms in total. The Bertz CT molecular complexity index is 654. The molecule has 0 fully saturated rings. The zero-order valence-electron chi connectivity index (χ0n) is 12.3. The van der Waals surface area contributed by atoms with Gasteiger partial charge in [0.25, 0.3) is 0 Å². The Morgan fingerprint density at radius 3 is 2.68 bits per heavy atom. The van der Waals surface area contributed by atoms with Crippen molar-refractivity contribution in [3.05, 3.63) is 64.1 Å². The van der Waals surface area contributed by atoms with Crippen LogP contribution in [0.4, 0.5) is 0 Å². The molecule has 0 radical (unpaired) electrons. The van der Waals surface area contributed by atoms with Crippen molar-refractivity contribution in [3.63, 3.8) is 0 Å². The van der Waals surface area contributed by atoms with Crippen LogP contribution >= 0.6 is 15.9 Å². The lowest BCUT2D eigenvalue weighted by Crippen LogP contribution is -2.19. The Labute approximate surface area is 138 Å². The van der Waals surface area contributed by atoms with Gasteiger partial charge in [-0.25, -0.2) is 5.43 Å². The van der Waals surface area contributed by atoms with E-state index in [1.54, 1.807) is 6.21 Å². The average molecular weight is 361 g/mol. The monoisotopic (exact) mass is 360 g/mol. The maximum Gasteiger partial charge on any atom is 0.244 e. The van der Waals surface area contributed by atoms with Crippen LogP contribution in [0.3, 0.4) is 0 Å². The third-order valence-corrected chi connectivity index (χ3v) is 3.42. The van der Waals surface area contributed by atoms with Gasteiger partial charge in [-0.05, 0) is 36.8 Å². The van der Waals surface area contributed by atoms with Crippen molar-refractivity contribution < 1.29 is 9.53 Å². The Balaban J connectivity index is 1.92. The number of nitrogens with one attached hydrogen (secondary N) is 1. The molecule has 0 spiro atoms. The van der Waals surface area contributed by atoms with Gasteiger partial charge in [-0.3, -0.25) is 4.79 Å². The summed E-state index contributed by atoms with van der Waals surface area (Å²) in [6, 6.07) is 15.2. The van der Waals surface area contributed by atoms with Crippen molar-refractivity contribution >= 4 is 28.1 Å². The van der Waals surface area contributed by atoms with Gasteiger partial charge >= 0.3 is 0 Å². The number of hydrazone groups is 1. The van der Waals surface area contributed by atoms with E-state index in [1.165, 1.54) is 0 Å². The highest BCUT2D eigenvalue weighted by atomic mass is 79.9. The SMILES string of the molecule is CCOc1ccccc1/C=N\NC(=O)Cc1ccc(Br)cc1. The number of benzene rings is 2. The van der Waals surface area contributed by atoms with E-state index in [2.05, 4.69) is 26.5 Å². The molecule has 1 amide bonds. The largest absolute Gasteiger partial charge is 0.493 e. The minimum Gasteiger partial charge on any atom is -0.493 e. The van der Waals surface area contributed by atoms with E-state index in [9.17, 15) is 4.79 Å². The number of carbonyl (C=O) groups excluding carboxylic acids is 1. The third kappa shape index (κ3) is 5.00. The van der Waals surface area contributed by atoms with Gasteiger partial charge in [-0.15, -0.1) is 0 Å². The number of halogens is 1. The predicted molar refractivity (Wildman–Crippen MR) is 91.2 cm³/mol. The van der Waals surface area contributed by atoms with E-state index >= 15 is 0 Å². The molecule has 22 heavy (non-hydrogen) atoms. The second-order valence-electron chi connectivity index (χ2n) is 4.57. The predicted octanol–water partition coefficient (Wildman–Crippen LogP) is 3.54. The smallest absolute Gasteiger partial charge is 0.244 e. The molecule has 114 valence electrons. The van der Waals surface area contributed by atoms with Crippen LogP contribution in [0.25, 0.3) is 0 Å². The van der Waals surface area contributed by atoms with Crippen LogP contribution in [0.15, 0.2) is 58.1 Å². The highest BCUT2D eigenvalue weighted by Gasteiger charge is 2.02. The summed E-state index contributed by atoms with van der Waals surface area (Å²) in [4.78, 5) is 11.8. The third-order valence-electron chi connectivity index (χ3n) is 2.89. The van der Waals surface area contributed by atoms with Gasteiger partial charge in [0.15, 0.2) is 0 Å². The molecule has 5 heteroatoms. The molecule has 0 unspecified atom stereocenters. The molecule has 0 aliphatic carbocycles. The lowest BCUT2D eigenvalue weighted by Gasteiger charge is -2.06. The van der Waals surface area contributed by atoms with Gasteiger partial charge in [0.2, 0.25) is 5.91 Å². The topological polar surface area (TPSA) is 50.7 Å². The fraction of sp³-hybridized carbons (Fsp3) is 0.176. The van der Waals surface area contributed by atoms with Gasteiger partial charge in [0.1, 0.15) is 5.75 Å². The van der Waals surface area contributed by atoms with Crippen molar-refractivity contribution in [1.29, 1.82) is 0 Å². The normalized spacial score (nSPS) is 10.6. The van der Waals surface area contributed by atoms with E-state index < -0.39 is 0 Å². The number of amides is 1. The maximum atomic E-state index is 11.8. The lowest BCUT2D eigenvalue weighted by molar-refractivity contribution is -0.120. The molecule has 0 bridgehead atoms. The fourth-order valence-electron chi connectivity index (χ4n) is 1.88. The summed E-state index contributed by atoms with van der Waals surface area (Å²) in [5, 5.41) is 3.98. The van der Waals surface area contributed by atoms with Gasteiger partial charge in [-0.1, -0.05) is 40.2 Å². The van der Waals surface area contributed by atoms with Crippen molar-refractivity contribution in [2.75, 3.05) is 6.61 Å². The van der Waals surface area contributed by atoms with Crippen LogP contribution in [0.5, 0.6) is 5.75 Å². The van der Waals surface area contributed by atoms with Gasteiger partial charge in [0, 0.05) is 10.0 Å². The van der Waals surface area contributed by atoms with E-state index in [4.69, 9.17) is 4.74 Å². The number of rotatable bonds is 6. The summed E-state index contributed by atoms with van der Waals surface area (Å²) in [5.74, 6) is 0.586. The second kappa shape index (κ2) is 8.34.